The van der Waals surface area contributed by atoms with Crippen LogP contribution in [0.2, 0.25) is 5.02 Å². The van der Waals surface area contributed by atoms with Gasteiger partial charge < -0.3 is 5.32 Å². The Morgan fingerprint density at radius 2 is 1.70 bits per heavy atom. The molecule has 0 radical (unpaired) electrons. The van der Waals surface area contributed by atoms with E-state index in [1.54, 1.807) is 18.3 Å². The van der Waals surface area contributed by atoms with Crippen LogP contribution in [0.5, 0.6) is 0 Å². The third-order valence-corrected chi connectivity index (χ3v) is 5.04. The number of benzene rings is 3. The van der Waals surface area contributed by atoms with Crippen LogP contribution >= 0.6 is 11.6 Å². The Hall–Kier alpha value is -3.88. The smallest absolute Gasteiger partial charge is 0.260 e. The number of amides is 2. The number of nitrogens with one attached hydrogen (secondary N) is 2. The zero-order chi connectivity index (χ0) is 21.1. The second-order valence-corrected chi connectivity index (χ2v) is 7.22. The predicted octanol–water partition coefficient (Wildman–Crippen LogP) is 4.80. The third-order valence-electron chi connectivity index (χ3n) is 4.80. The molecule has 4 rings (SSSR count). The molecule has 1 heterocycles. The number of anilines is 1. The lowest BCUT2D eigenvalue weighted by molar-refractivity contribution is -0.114. The highest BCUT2D eigenvalue weighted by Gasteiger charge is 2.27. The summed E-state index contributed by atoms with van der Waals surface area (Å²) in [5, 5.41) is 14.9. The Kier molecular flexibility index (Phi) is 5.34. The van der Waals surface area contributed by atoms with Gasteiger partial charge in [0.05, 0.1) is 18.1 Å². The highest BCUT2D eigenvalue weighted by molar-refractivity contribution is 6.31. The van der Waals surface area contributed by atoms with Crippen molar-refractivity contribution in [2.24, 2.45) is 0 Å². The van der Waals surface area contributed by atoms with Crippen molar-refractivity contribution in [3.05, 3.63) is 94.6 Å². The van der Waals surface area contributed by atoms with Gasteiger partial charge >= 0.3 is 0 Å². The fraction of sp³-hybridized carbons (Fsp3) is 0.0417. The number of fused-ring (bicyclic) bond motifs is 1. The van der Waals surface area contributed by atoms with Gasteiger partial charge in [-0.3, -0.25) is 14.9 Å². The normalized spacial score (nSPS) is 14.1. The van der Waals surface area contributed by atoms with Crippen LogP contribution in [-0.2, 0) is 11.2 Å². The summed E-state index contributed by atoms with van der Waals surface area (Å²) in [5.74, 6) is -0.894. The number of carbonyl (C=O) groups excluding carboxylic acids is 2. The topological polar surface area (TPSA) is 82.0 Å². The van der Waals surface area contributed by atoms with Gasteiger partial charge in [0.25, 0.3) is 11.8 Å². The average molecular weight is 414 g/mol. The Balaban J connectivity index is 1.70. The molecule has 1 aliphatic rings. The number of nitrogens with zero attached hydrogens (tertiary/aromatic N) is 1. The fourth-order valence-electron chi connectivity index (χ4n) is 3.28. The summed E-state index contributed by atoms with van der Waals surface area (Å²) in [7, 11) is 0. The first kappa shape index (κ1) is 19.4. The third kappa shape index (κ3) is 3.95. The number of carbonyl (C=O) groups is 2. The standard InChI is InChI=1S/C24H16ClN3O2/c25-18-3-1-2-16(12-18)17-6-9-20-21(13-17)22(24(30)28-23(20)29)14-27-19-7-4-15(5-8-19)10-11-26/h1-9,12-14,27H,10H2,(H,28,29,30)/b22-14-. The molecule has 0 fully saturated rings. The van der Waals surface area contributed by atoms with E-state index in [2.05, 4.69) is 16.7 Å². The van der Waals surface area contributed by atoms with E-state index in [0.29, 0.717) is 28.1 Å². The molecule has 0 bridgehead atoms. The van der Waals surface area contributed by atoms with Gasteiger partial charge in [0, 0.05) is 28.0 Å². The lowest BCUT2D eigenvalue weighted by Crippen LogP contribution is -2.36. The van der Waals surface area contributed by atoms with Crippen molar-refractivity contribution in [3.63, 3.8) is 0 Å². The largest absolute Gasteiger partial charge is 0.361 e. The van der Waals surface area contributed by atoms with E-state index in [1.165, 1.54) is 0 Å². The number of imide groups is 1. The van der Waals surface area contributed by atoms with Gasteiger partial charge in [0.2, 0.25) is 0 Å². The van der Waals surface area contributed by atoms with Crippen LogP contribution in [0.3, 0.4) is 0 Å². The van der Waals surface area contributed by atoms with Crippen LogP contribution in [0.25, 0.3) is 16.7 Å². The second-order valence-electron chi connectivity index (χ2n) is 6.79. The summed E-state index contributed by atoms with van der Waals surface area (Å²) < 4.78 is 0. The van der Waals surface area contributed by atoms with Crippen molar-refractivity contribution in [1.82, 2.24) is 5.32 Å². The van der Waals surface area contributed by atoms with E-state index in [4.69, 9.17) is 16.9 Å². The lowest BCUT2D eigenvalue weighted by atomic mass is 9.91. The van der Waals surface area contributed by atoms with Crippen molar-refractivity contribution in [1.29, 1.82) is 5.26 Å². The first-order valence-electron chi connectivity index (χ1n) is 9.24. The van der Waals surface area contributed by atoms with Gasteiger partial charge in [0.15, 0.2) is 0 Å². The number of halogens is 1. The Morgan fingerprint density at radius 1 is 0.933 bits per heavy atom. The maximum Gasteiger partial charge on any atom is 0.260 e. The van der Waals surface area contributed by atoms with Crippen molar-refractivity contribution >= 4 is 34.7 Å². The van der Waals surface area contributed by atoms with Gasteiger partial charge in [-0.1, -0.05) is 41.9 Å². The molecule has 5 nitrogen and oxygen atoms in total. The molecule has 30 heavy (non-hydrogen) atoms. The molecule has 146 valence electrons. The maximum absolute atomic E-state index is 12.5. The van der Waals surface area contributed by atoms with Crippen LogP contribution in [0.4, 0.5) is 5.69 Å². The summed E-state index contributed by atoms with van der Waals surface area (Å²) in [4.78, 5) is 24.8. The molecule has 0 aliphatic carbocycles. The van der Waals surface area contributed by atoms with Crippen LogP contribution in [0.1, 0.15) is 21.5 Å². The summed E-state index contributed by atoms with van der Waals surface area (Å²) >= 11 is 6.10. The summed E-state index contributed by atoms with van der Waals surface area (Å²) in [6.45, 7) is 0. The van der Waals surface area contributed by atoms with Gasteiger partial charge in [-0.2, -0.15) is 5.26 Å². The van der Waals surface area contributed by atoms with Gasteiger partial charge in [0.1, 0.15) is 0 Å². The Bertz CT molecular complexity index is 1220. The molecule has 2 amide bonds. The molecule has 1 aliphatic heterocycles. The number of hydrogen-bond donors (Lipinski definition) is 2. The fourth-order valence-corrected chi connectivity index (χ4v) is 3.47. The molecule has 3 aromatic carbocycles. The van der Waals surface area contributed by atoms with Crippen molar-refractivity contribution in [3.8, 4) is 17.2 Å². The minimum absolute atomic E-state index is 0.339. The number of nitriles is 1. The zero-order valence-corrected chi connectivity index (χ0v) is 16.5. The van der Waals surface area contributed by atoms with Crippen molar-refractivity contribution < 1.29 is 9.59 Å². The van der Waals surface area contributed by atoms with Crippen molar-refractivity contribution in [2.45, 2.75) is 6.42 Å². The molecular weight excluding hydrogens is 398 g/mol. The van der Waals surface area contributed by atoms with E-state index in [-0.39, 0.29) is 0 Å². The van der Waals surface area contributed by atoms with Crippen LogP contribution in [0, 0.1) is 11.3 Å². The minimum Gasteiger partial charge on any atom is -0.361 e. The molecule has 0 saturated carbocycles. The Labute approximate surface area is 178 Å². The zero-order valence-electron chi connectivity index (χ0n) is 15.8. The molecule has 6 heteroatoms. The van der Waals surface area contributed by atoms with Crippen LogP contribution in [0.15, 0.2) is 72.9 Å². The summed E-state index contributed by atoms with van der Waals surface area (Å²) in [6, 6.07) is 22.2. The van der Waals surface area contributed by atoms with Crippen LogP contribution < -0.4 is 10.6 Å². The molecule has 0 unspecified atom stereocenters. The quantitative estimate of drug-likeness (QED) is 0.475. The van der Waals surface area contributed by atoms with Gasteiger partial charge in [-0.15, -0.1) is 0 Å². The number of hydrogen-bond acceptors (Lipinski definition) is 4. The van der Waals surface area contributed by atoms with E-state index in [9.17, 15) is 9.59 Å². The van der Waals surface area contributed by atoms with E-state index in [0.717, 1.165) is 22.4 Å². The van der Waals surface area contributed by atoms with Gasteiger partial charge in [-0.05, 0) is 53.1 Å². The molecule has 0 spiro atoms. The maximum atomic E-state index is 12.5. The first-order valence-corrected chi connectivity index (χ1v) is 9.61. The second kappa shape index (κ2) is 8.24. The Morgan fingerprint density at radius 3 is 2.43 bits per heavy atom. The monoisotopic (exact) mass is 413 g/mol. The molecule has 0 saturated heterocycles. The van der Waals surface area contributed by atoms with E-state index in [1.807, 2.05) is 54.6 Å². The molecule has 3 aromatic rings. The minimum atomic E-state index is -0.468. The van der Waals surface area contributed by atoms with E-state index < -0.39 is 11.8 Å². The van der Waals surface area contributed by atoms with Crippen LogP contribution in [-0.4, -0.2) is 11.8 Å². The summed E-state index contributed by atoms with van der Waals surface area (Å²) in [6.07, 6.45) is 1.92. The lowest BCUT2D eigenvalue weighted by Gasteiger charge is -2.19. The highest BCUT2D eigenvalue weighted by atomic mass is 35.5. The predicted molar refractivity (Wildman–Crippen MR) is 117 cm³/mol. The molecule has 2 N–H and O–H groups in total. The number of rotatable bonds is 4. The SMILES string of the molecule is N#CCc1ccc(N/C=C2\C(=O)NC(=O)c3ccc(-c4cccc(Cl)c4)cc32)cc1. The average Bonchev–Trinajstić information content (AvgIpc) is 2.74. The summed E-state index contributed by atoms with van der Waals surface area (Å²) in [5.41, 5.74) is 4.76. The molecule has 0 aromatic heterocycles. The highest BCUT2D eigenvalue weighted by Crippen LogP contribution is 2.30. The van der Waals surface area contributed by atoms with E-state index >= 15 is 0 Å². The molecular formula is C24H16ClN3O2. The first-order chi connectivity index (χ1) is 14.5. The van der Waals surface area contributed by atoms with Gasteiger partial charge in [-0.25, -0.2) is 0 Å². The molecule has 0 atom stereocenters. The van der Waals surface area contributed by atoms with Crippen molar-refractivity contribution in [2.75, 3.05) is 5.32 Å².